The highest BCUT2D eigenvalue weighted by atomic mass is 19.1. The van der Waals surface area contributed by atoms with Crippen molar-refractivity contribution < 1.29 is 27.2 Å². The Bertz CT molecular complexity index is 1960. The number of nitrogens with zero attached hydrogens (tertiary/aromatic N) is 2. The van der Waals surface area contributed by atoms with Crippen molar-refractivity contribution in [3.8, 4) is 22.5 Å². The fraction of sp³-hybridized carbons (Fsp3) is 0.176. The highest BCUT2D eigenvalue weighted by Crippen LogP contribution is 2.39. The van der Waals surface area contributed by atoms with Crippen LogP contribution in [0, 0.1) is 18.6 Å². The number of rotatable bonds is 6. The zero-order valence-corrected chi connectivity index (χ0v) is 24.8. The minimum atomic E-state index is -0.683. The third-order valence-electron chi connectivity index (χ3n) is 7.07. The smallest absolute Gasteiger partial charge is 0.255 e. The Morgan fingerprint density at radius 2 is 1.64 bits per heavy atom. The SMILES string of the molecule is CC.CNC(=O)c1c(-c2ccc(F)cc2)oc2ccc(-c3cc(C(=O)N[C@@H](C)c4nc5cnccc5o4)ccc3C)c(F)c12. The maximum absolute atomic E-state index is 16.3. The van der Waals surface area contributed by atoms with Crippen molar-refractivity contribution >= 4 is 33.9 Å². The van der Waals surface area contributed by atoms with Crippen LogP contribution in [0.3, 0.4) is 0 Å². The van der Waals surface area contributed by atoms with Crippen LogP contribution in [0.15, 0.2) is 81.9 Å². The number of benzene rings is 3. The van der Waals surface area contributed by atoms with E-state index in [1.807, 2.05) is 13.8 Å². The molecule has 3 heterocycles. The fourth-order valence-electron chi connectivity index (χ4n) is 4.88. The molecule has 0 radical (unpaired) electrons. The highest BCUT2D eigenvalue weighted by molar-refractivity contribution is 6.12. The van der Waals surface area contributed by atoms with Gasteiger partial charge in [0.25, 0.3) is 11.8 Å². The molecule has 0 saturated heterocycles. The summed E-state index contributed by atoms with van der Waals surface area (Å²) in [6.45, 7) is 7.55. The van der Waals surface area contributed by atoms with Crippen molar-refractivity contribution in [1.82, 2.24) is 20.6 Å². The van der Waals surface area contributed by atoms with Gasteiger partial charge in [0.1, 0.15) is 34.5 Å². The van der Waals surface area contributed by atoms with Crippen LogP contribution >= 0.6 is 0 Å². The summed E-state index contributed by atoms with van der Waals surface area (Å²) in [4.78, 5) is 34.6. The van der Waals surface area contributed by atoms with E-state index >= 15 is 4.39 Å². The van der Waals surface area contributed by atoms with Crippen molar-refractivity contribution in [2.24, 2.45) is 0 Å². The lowest BCUT2D eigenvalue weighted by Crippen LogP contribution is -2.26. The predicted octanol–water partition coefficient (Wildman–Crippen LogP) is 7.77. The Kier molecular flexibility index (Phi) is 8.52. The van der Waals surface area contributed by atoms with E-state index in [0.29, 0.717) is 39.2 Å². The molecule has 0 bridgehead atoms. The first-order valence-corrected chi connectivity index (χ1v) is 14.1. The number of aryl methyl sites for hydroxylation is 1. The van der Waals surface area contributed by atoms with Gasteiger partial charge in [-0.15, -0.1) is 0 Å². The second-order valence-corrected chi connectivity index (χ2v) is 9.81. The molecular formula is C34H30F2N4O4. The molecule has 6 rings (SSSR count). The van der Waals surface area contributed by atoms with E-state index in [1.54, 1.807) is 62.6 Å². The molecule has 0 spiro atoms. The van der Waals surface area contributed by atoms with Gasteiger partial charge >= 0.3 is 0 Å². The molecule has 10 heteroatoms. The zero-order chi connectivity index (χ0) is 31.5. The largest absolute Gasteiger partial charge is 0.455 e. The van der Waals surface area contributed by atoms with Gasteiger partial charge in [-0.25, -0.2) is 13.8 Å². The van der Waals surface area contributed by atoms with E-state index in [1.165, 1.54) is 31.3 Å². The van der Waals surface area contributed by atoms with E-state index in [4.69, 9.17) is 8.83 Å². The van der Waals surface area contributed by atoms with Crippen molar-refractivity contribution in [2.45, 2.75) is 33.7 Å². The first-order chi connectivity index (χ1) is 21.2. The molecule has 6 aromatic rings. The molecule has 0 aliphatic heterocycles. The van der Waals surface area contributed by atoms with Crippen molar-refractivity contribution in [3.05, 3.63) is 107 Å². The number of nitrogens with one attached hydrogen (secondary N) is 2. The molecule has 0 unspecified atom stereocenters. The molecule has 8 nitrogen and oxygen atoms in total. The molecule has 224 valence electrons. The quantitative estimate of drug-likeness (QED) is 0.203. The minimum absolute atomic E-state index is 0.00707. The molecule has 1 atom stereocenters. The van der Waals surface area contributed by atoms with Crippen LogP contribution < -0.4 is 10.6 Å². The van der Waals surface area contributed by atoms with Crippen LogP contribution in [0.2, 0.25) is 0 Å². The average molecular weight is 597 g/mol. The predicted molar refractivity (Wildman–Crippen MR) is 164 cm³/mol. The molecule has 3 aromatic heterocycles. The summed E-state index contributed by atoms with van der Waals surface area (Å²) in [5.41, 5.74) is 3.37. The fourth-order valence-corrected chi connectivity index (χ4v) is 4.88. The molecule has 0 aliphatic carbocycles. The van der Waals surface area contributed by atoms with Gasteiger partial charge in [-0.2, -0.15) is 0 Å². The first-order valence-electron chi connectivity index (χ1n) is 14.1. The van der Waals surface area contributed by atoms with Crippen molar-refractivity contribution in [3.63, 3.8) is 0 Å². The molecule has 0 fully saturated rings. The summed E-state index contributed by atoms with van der Waals surface area (Å²) < 4.78 is 41.5. The first kappa shape index (κ1) is 30.1. The Labute approximate surface area is 252 Å². The van der Waals surface area contributed by atoms with Gasteiger partial charge in [-0.3, -0.25) is 14.6 Å². The van der Waals surface area contributed by atoms with Crippen LogP contribution in [0.4, 0.5) is 8.78 Å². The Balaban J connectivity index is 0.00000188. The van der Waals surface area contributed by atoms with E-state index in [9.17, 15) is 14.0 Å². The lowest BCUT2D eigenvalue weighted by Gasteiger charge is -2.13. The lowest BCUT2D eigenvalue weighted by atomic mass is 9.95. The maximum atomic E-state index is 16.3. The number of aromatic nitrogens is 2. The average Bonchev–Trinajstić information content (AvgIpc) is 3.65. The molecule has 0 aliphatic rings. The van der Waals surface area contributed by atoms with Gasteiger partial charge in [0.05, 0.1) is 17.1 Å². The molecule has 3 aromatic carbocycles. The monoisotopic (exact) mass is 596 g/mol. The Hall–Kier alpha value is -5.38. The molecule has 2 N–H and O–H groups in total. The number of fused-ring (bicyclic) bond motifs is 2. The van der Waals surface area contributed by atoms with E-state index < -0.39 is 29.5 Å². The highest BCUT2D eigenvalue weighted by Gasteiger charge is 2.27. The molecule has 0 saturated carbocycles. The number of carbonyl (C=O) groups excluding carboxylic acids is 2. The van der Waals surface area contributed by atoms with Crippen LogP contribution in [-0.4, -0.2) is 28.8 Å². The second-order valence-electron chi connectivity index (χ2n) is 9.81. The Morgan fingerprint density at radius 1 is 0.886 bits per heavy atom. The summed E-state index contributed by atoms with van der Waals surface area (Å²) in [7, 11) is 1.43. The molecule has 44 heavy (non-hydrogen) atoms. The number of halogens is 2. The van der Waals surface area contributed by atoms with E-state index in [2.05, 4.69) is 20.6 Å². The van der Waals surface area contributed by atoms with Crippen LogP contribution in [-0.2, 0) is 0 Å². The van der Waals surface area contributed by atoms with E-state index in [-0.39, 0.29) is 27.9 Å². The third-order valence-corrected chi connectivity index (χ3v) is 7.07. The Morgan fingerprint density at radius 3 is 2.34 bits per heavy atom. The van der Waals surface area contributed by atoms with Crippen LogP contribution in [0.25, 0.3) is 44.5 Å². The summed E-state index contributed by atoms with van der Waals surface area (Å²) in [5.74, 6) is -1.65. The lowest BCUT2D eigenvalue weighted by molar-refractivity contribution is 0.0932. The van der Waals surface area contributed by atoms with Gasteiger partial charge in [-0.05, 0) is 73.5 Å². The normalized spacial score (nSPS) is 11.6. The van der Waals surface area contributed by atoms with Gasteiger partial charge in [0.2, 0.25) is 5.89 Å². The summed E-state index contributed by atoms with van der Waals surface area (Å²) in [5, 5.41) is 5.39. The zero-order valence-electron chi connectivity index (χ0n) is 24.8. The van der Waals surface area contributed by atoms with Crippen LogP contribution in [0.1, 0.15) is 59.0 Å². The van der Waals surface area contributed by atoms with Crippen molar-refractivity contribution in [2.75, 3.05) is 7.05 Å². The standard InChI is InChI=1S/C32H24F2N4O4.C2H6/c1-16-4-5-19(30(39)37-17(2)32-38-23-15-36-13-12-24(23)42-32)14-22(16)21-10-11-25-26(28(21)34)27(31(40)35-3)29(41-25)18-6-8-20(33)9-7-18;1-2/h4-15,17H,1-3H3,(H,35,40)(H,37,39);1-2H3/t17-;/m0./s1. The second kappa shape index (κ2) is 12.5. The number of amides is 2. The summed E-state index contributed by atoms with van der Waals surface area (Å²) in [6.07, 6.45) is 3.17. The van der Waals surface area contributed by atoms with Crippen LogP contribution in [0.5, 0.6) is 0 Å². The number of hydrogen-bond donors (Lipinski definition) is 2. The van der Waals surface area contributed by atoms with E-state index in [0.717, 1.165) is 0 Å². The minimum Gasteiger partial charge on any atom is -0.455 e. The summed E-state index contributed by atoms with van der Waals surface area (Å²) in [6, 6.07) is 14.6. The van der Waals surface area contributed by atoms with Gasteiger partial charge in [0.15, 0.2) is 5.58 Å². The number of oxazole rings is 1. The third kappa shape index (κ3) is 5.54. The topological polar surface area (TPSA) is 110 Å². The van der Waals surface area contributed by atoms with Gasteiger partial charge < -0.3 is 19.5 Å². The van der Waals surface area contributed by atoms with Crippen molar-refractivity contribution in [1.29, 1.82) is 0 Å². The van der Waals surface area contributed by atoms with Gasteiger partial charge in [-0.1, -0.05) is 19.9 Å². The number of carbonyl (C=O) groups is 2. The number of hydrogen-bond acceptors (Lipinski definition) is 6. The maximum Gasteiger partial charge on any atom is 0.255 e. The molecular weight excluding hydrogens is 566 g/mol. The number of pyridine rings is 1. The summed E-state index contributed by atoms with van der Waals surface area (Å²) >= 11 is 0. The number of furan rings is 1. The van der Waals surface area contributed by atoms with Gasteiger partial charge in [0, 0.05) is 36.0 Å². The molecule has 2 amide bonds.